The normalized spacial score (nSPS) is 10.3. The van der Waals surface area contributed by atoms with Crippen molar-refractivity contribution in [1.29, 1.82) is 0 Å². The van der Waals surface area contributed by atoms with Crippen molar-refractivity contribution in [2.45, 2.75) is 33.6 Å². The average Bonchev–Trinajstić information content (AvgIpc) is 2.66. The SMILES string of the molecule is Cc1ccc(NC(=S)NNC(=O)COc2cc(C)c(N=O)cc2C(C)C)cc1. The highest BCUT2D eigenvalue weighted by molar-refractivity contribution is 7.80. The van der Waals surface area contributed by atoms with Crippen molar-refractivity contribution in [3.05, 3.63) is 58.0 Å². The van der Waals surface area contributed by atoms with Gasteiger partial charge in [0.25, 0.3) is 5.91 Å². The summed E-state index contributed by atoms with van der Waals surface area (Å²) < 4.78 is 5.64. The molecule has 28 heavy (non-hydrogen) atoms. The number of nitrogens with zero attached hydrogens (tertiary/aromatic N) is 1. The van der Waals surface area contributed by atoms with Crippen molar-refractivity contribution in [2.75, 3.05) is 11.9 Å². The molecule has 0 radical (unpaired) electrons. The zero-order chi connectivity index (χ0) is 20.7. The number of benzene rings is 2. The first-order chi connectivity index (χ1) is 13.3. The second kappa shape index (κ2) is 9.80. The van der Waals surface area contributed by atoms with Crippen molar-refractivity contribution in [1.82, 2.24) is 10.9 Å². The van der Waals surface area contributed by atoms with Crippen LogP contribution in [0.2, 0.25) is 0 Å². The Morgan fingerprint density at radius 2 is 1.82 bits per heavy atom. The van der Waals surface area contributed by atoms with Crippen LogP contribution >= 0.6 is 12.2 Å². The third-order valence-electron chi connectivity index (χ3n) is 4.03. The summed E-state index contributed by atoms with van der Waals surface area (Å²) in [6, 6.07) is 11.1. The number of carbonyl (C=O) groups excluding carboxylic acids is 1. The summed E-state index contributed by atoms with van der Waals surface area (Å²) >= 11 is 5.15. The minimum Gasteiger partial charge on any atom is -0.483 e. The molecule has 0 saturated heterocycles. The Morgan fingerprint density at radius 1 is 1.14 bits per heavy atom. The van der Waals surface area contributed by atoms with E-state index in [1.54, 1.807) is 19.1 Å². The number of rotatable bonds is 6. The molecule has 2 aromatic rings. The average molecular weight is 401 g/mol. The summed E-state index contributed by atoms with van der Waals surface area (Å²) in [6.07, 6.45) is 0. The van der Waals surface area contributed by atoms with Gasteiger partial charge in [-0.3, -0.25) is 15.6 Å². The number of ether oxygens (including phenoxy) is 1. The number of anilines is 1. The highest BCUT2D eigenvalue weighted by Crippen LogP contribution is 2.33. The number of hydrogen-bond acceptors (Lipinski definition) is 5. The fourth-order valence-electron chi connectivity index (χ4n) is 2.47. The lowest BCUT2D eigenvalue weighted by atomic mass is 9.99. The molecule has 0 heterocycles. The summed E-state index contributed by atoms with van der Waals surface area (Å²) in [5.41, 5.74) is 8.95. The Labute approximate surface area is 169 Å². The van der Waals surface area contributed by atoms with E-state index in [0.717, 1.165) is 16.8 Å². The number of hydrazine groups is 1. The van der Waals surface area contributed by atoms with Crippen LogP contribution in [0.4, 0.5) is 11.4 Å². The van der Waals surface area contributed by atoms with Crippen LogP contribution < -0.4 is 20.9 Å². The Balaban J connectivity index is 1.88. The number of hydrogen-bond donors (Lipinski definition) is 3. The van der Waals surface area contributed by atoms with Crippen LogP contribution in [0.15, 0.2) is 41.6 Å². The van der Waals surface area contributed by atoms with Crippen LogP contribution in [-0.2, 0) is 4.79 Å². The van der Waals surface area contributed by atoms with E-state index in [-0.39, 0.29) is 17.6 Å². The number of nitroso groups, excluding NO2 is 1. The minimum atomic E-state index is -0.391. The Kier molecular flexibility index (Phi) is 7.45. The van der Waals surface area contributed by atoms with Crippen molar-refractivity contribution >= 4 is 34.6 Å². The van der Waals surface area contributed by atoms with E-state index < -0.39 is 5.91 Å². The van der Waals surface area contributed by atoms with Crippen molar-refractivity contribution < 1.29 is 9.53 Å². The molecule has 148 valence electrons. The fraction of sp³-hybridized carbons (Fsp3) is 0.300. The summed E-state index contributed by atoms with van der Waals surface area (Å²) in [5, 5.41) is 6.25. The van der Waals surface area contributed by atoms with E-state index in [1.807, 2.05) is 45.0 Å². The van der Waals surface area contributed by atoms with Crippen molar-refractivity contribution in [2.24, 2.45) is 5.18 Å². The number of thiocarbonyl (C=S) groups is 1. The summed E-state index contributed by atoms with van der Waals surface area (Å²) in [4.78, 5) is 22.9. The third-order valence-corrected chi connectivity index (χ3v) is 4.24. The molecule has 0 spiro atoms. The molecular formula is C20H24N4O3S. The standard InChI is InChI=1S/C20H24N4O3S/c1-12(2)16-10-17(24-26)14(4)9-18(16)27-11-19(25)22-23-20(28)21-15-7-5-13(3)6-8-15/h5-10,12H,11H2,1-4H3,(H,22,25)(H2,21,23,28). The molecule has 8 heteroatoms. The molecule has 0 saturated carbocycles. The van der Waals surface area contributed by atoms with Gasteiger partial charge in [-0.2, -0.15) is 0 Å². The number of amides is 1. The van der Waals surface area contributed by atoms with E-state index >= 15 is 0 Å². The van der Waals surface area contributed by atoms with Crippen molar-refractivity contribution in [3.8, 4) is 5.75 Å². The van der Waals surface area contributed by atoms with Crippen LogP contribution in [0, 0.1) is 18.8 Å². The molecule has 0 aromatic heterocycles. The van der Waals surface area contributed by atoms with Gasteiger partial charge >= 0.3 is 0 Å². The van der Waals surface area contributed by atoms with Gasteiger partial charge in [0.1, 0.15) is 11.4 Å². The first-order valence-electron chi connectivity index (χ1n) is 8.83. The lowest BCUT2D eigenvalue weighted by molar-refractivity contribution is -0.123. The summed E-state index contributed by atoms with van der Waals surface area (Å²) in [5.74, 6) is 0.275. The molecule has 0 aliphatic heterocycles. The smallest absolute Gasteiger partial charge is 0.276 e. The van der Waals surface area contributed by atoms with E-state index in [0.29, 0.717) is 17.0 Å². The van der Waals surface area contributed by atoms with Gasteiger partial charge in [0.15, 0.2) is 11.7 Å². The third kappa shape index (κ3) is 6.02. The van der Waals surface area contributed by atoms with E-state index in [2.05, 4.69) is 21.3 Å². The van der Waals surface area contributed by atoms with Crippen LogP contribution in [-0.4, -0.2) is 17.6 Å². The van der Waals surface area contributed by atoms with Crippen LogP contribution in [0.3, 0.4) is 0 Å². The van der Waals surface area contributed by atoms with Crippen LogP contribution in [0.1, 0.15) is 36.5 Å². The Morgan fingerprint density at radius 3 is 2.43 bits per heavy atom. The predicted octanol–water partition coefficient (Wildman–Crippen LogP) is 4.22. The molecule has 0 fully saturated rings. The molecule has 3 N–H and O–H groups in total. The zero-order valence-electron chi connectivity index (χ0n) is 16.3. The maximum atomic E-state index is 12.1. The summed E-state index contributed by atoms with van der Waals surface area (Å²) in [7, 11) is 0. The molecular weight excluding hydrogens is 376 g/mol. The predicted molar refractivity (Wildman–Crippen MR) is 115 cm³/mol. The molecule has 0 bridgehead atoms. The van der Waals surface area contributed by atoms with E-state index in [1.165, 1.54) is 0 Å². The second-order valence-corrected chi connectivity index (χ2v) is 7.11. The van der Waals surface area contributed by atoms with Gasteiger partial charge in [-0.25, -0.2) is 0 Å². The zero-order valence-corrected chi connectivity index (χ0v) is 17.1. The molecule has 0 unspecified atom stereocenters. The molecule has 0 aliphatic carbocycles. The van der Waals surface area contributed by atoms with E-state index in [4.69, 9.17) is 17.0 Å². The first-order valence-corrected chi connectivity index (χ1v) is 9.24. The molecule has 0 atom stereocenters. The molecule has 2 rings (SSSR count). The largest absolute Gasteiger partial charge is 0.483 e. The van der Waals surface area contributed by atoms with Gasteiger partial charge in [0.05, 0.1) is 0 Å². The monoisotopic (exact) mass is 400 g/mol. The minimum absolute atomic E-state index is 0.114. The molecule has 2 aromatic carbocycles. The lowest BCUT2D eigenvalue weighted by Crippen LogP contribution is -2.45. The molecule has 1 amide bonds. The summed E-state index contributed by atoms with van der Waals surface area (Å²) in [6.45, 7) is 7.51. The van der Waals surface area contributed by atoms with Gasteiger partial charge in [-0.05, 0) is 72.6 Å². The maximum absolute atomic E-state index is 12.1. The van der Waals surface area contributed by atoms with Crippen LogP contribution in [0.25, 0.3) is 0 Å². The first kappa shape index (κ1) is 21.3. The topological polar surface area (TPSA) is 91.8 Å². The van der Waals surface area contributed by atoms with Crippen molar-refractivity contribution in [3.63, 3.8) is 0 Å². The van der Waals surface area contributed by atoms with Gasteiger partial charge in [0, 0.05) is 5.69 Å². The van der Waals surface area contributed by atoms with Gasteiger partial charge in [-0.15, -0.1) is 4.91 Å². The fourth-order valence-corrected chi connectivity index (χ4v) is 2.63. The second-order valence-electron chi connectivity index (χ2n) is 6.70. The van der Waals surface area contributed by atoms with Gasteiger partial charge < -0.3 is 10.1 Å². The van der Waals surface area contributed by atoms with Gasteiger partial charge in [-0.1, -0.05) is 31.5 Å². The van der Waals surface area contributed by atoms with E-state index in [9.17, 15) is 9.70 Å². The Bertz CT molecular complexity index is 866. The Hall–Kier alpha value is -3.00. The number of nitrogens with one attached hydrogen (secondary N) is 3. The highest BCUT2D eigenvalue weighted by Gasteiger charge is 2.14. The number of carbonyl (C=O) groups is 1. The van der Waals surface area contributed by atoms with Gasteiger partial charge in [0.2, 0.25) is 0 Å². The van der Waals surface area contributed by atoms with Crippen LogP contribution in [0.5, 0.6) is 5.75 Å². The maximum Gasteiger partial charge on any atom is 0.276 e. The molecule has 7 nitrogen and oxygen atoms in total. The number of aryl methyl sites for hydroxylation is 2. The highest BCUT2D eigenvalue weighted by atomic mass is 32.1. The quantitative estimate of drug-likeness (QED) is 0.382. The molecule has 0 aliphatic rings. The lowest BCUT2D eigenvalue weighted by Gasteiger charge is -2.16.